The quantitative estimate of drug-likeness (QED) is 0.359. The molecule has 0 aliphatic carbocycles. The summed E-state index contributed by atoms with van der Waals surface area (Å²) in [5.74, 6) is 1.42. The number of nitrogens with zero attached hydrogens (tertiary/aromatic N) is 2. The number of benzene rings is 1. The van der Waals surface area contributed by atoms with Crippen molar-refractivity contribution in [2.24, 2.45) is 4.99 Å². The normalized spacial score (nSPS) is 11.8. The van der Waals surface area contributed by atoms with Gasteiger partial charge in [-0.3, -0.25) is 0 Å². The lowest BCUT2D eigenvalue weighted by Crippen LogP contribution is -2.43. The van der Waals surface area contributed by atoms with E-state index in [2.05, 4.69) is 47.6 Å². The second-order valence-electron chi connectivity index (χ2n) is 6.02. The van der Waals surface area contributed by atoms with Gasteiger partial charge in [0, 0.05) is 23.4 Å². The number of oxazole rings is 1. The van der Waals surface area contributed by atoms with Crippen molar-refractivity contribution < 1.29 is 4.42 Å². The summed E-state index contributed by atoms with van der Waals surface area (Å²) >= 11 is 1.83. The number of hydrogen-bond donors (Lipinski definition) is 2. The molecule has 1 aromatic heterocycles. The lowest BCUT2D eigenvalue weighted by atomic mass is 10.2. The number of nitrogens with one attached hydrogen (secondary N) is 2. The van der Waals surface area contributed by atoms with E-state index in [1.807, 2.05) is 42.1 Å². The summed E-state index contributed by atoms with van der Waals surface area (Å²) in [7, 11) is 0. The molecule has 1 heterocycles. The van der Waals surface area contributed by atoms with Gasteiger partial charge in [-0.05, 0) is 39.2 Å². The first-order valence-electron chi connectivity index (χ1n) is 8.11. The Morgan fingerprint density at radius 2 is 1.96 bits per heavy atom. The third-order valence-corrected chi connectivity index (χ3v) is 4.80. The van der Waals surface area contributed by atoms with Crippen LogP contribution in [-0.4, -0.2) is 35.0 Å². The molecule has 0 aliphatic rings. The summed E-state index contributed by atoms with van der Waals surface area (Å²) in [6, 6.07) is 9.88. The van der Waals surface area contributed by atoms with Gasteiger partial charge in [0.15, 0.2) is 5.96 Å². The fraction of sp³-hybridized carbons (Fsp3) is 0.444. The molecule has 1 aromatic carbocycles. The first kappa shape index (κ1) is 21.8. The highest BCUT2D eigenvalue weighted by Gasteiger charge is 2.16. The molecule has 0 unspecified atom stereocenters. The Labute approximate surface area is 171 Å². The van der Waals surface area contributed by atoms with Gasteiger partial charge in [-0.1, -0.05) is 18.2 Å². The van der Waals surface area contributed by atoms with Crippen molar-refractivity contribution in [3.8, 4) is 11.5 Å². The monoisotopic (exact) mass is 474 g/mol. The Kier molecular flexibility index (Phi) is 9.34. The molecule has 0 radical (unpaired) electrons. The third kappa shape index (κ3) is 7.27. The second kappa shape index (κ2) is 10.7. The first-order chi connectivity index (χ1) is 11.5. The van der Waals surface area contributed by atoms with Gasteiger partial charge in [-0.15, -0.1) is 24.0 Å². The zero-order valence-electron chi connectivity index (χ0n) is 15.2. The molecule has 0 saturated heterocycles. The number of aliphatic imine (C=N–C) groups is 1. The standard InChI is InChI=1S/C18H26N4OS.HI/c1-5-19-17(21-13-18(2,3)24-4)20-11-15-12-23-16(22-15)14-9-7-6-8-10-14;/h6-10,12H,5,11,13H2,1-4H3,(H2,19,20,21);1H. The van der Waals surface area contributed by atoms with Gasteiger partial charge >= 0.3 is 0 Å². The van der Waals surface area contributed by atoms with Gasteiger partial charge in [0.1, 0.15) is 12.0 Å². The Balaban J connectivity index is 0.00000312. The molecule has 0 aliphatic heterocycles. The van der Waals surface area contributed by atoms with Crippen LogP contribution in [0.5, 0.6) is 0 Å². The van der Waals surface area contributed by atoms with Crippen molar-refractivity contribution >= 4 is 41.7 Å². The molecule has 0 saturated carbocycles. The Morgan fingerprint density at radius 1 is 1.24 bits per heavy atom. The fourth-order valence-corrected chi connectivity index (χ4v) is 2.18. The first-order valence-corrected chi connectivity index (χ1v) is 9.33. The fourth-order valence-electron chi connectivity index (χ4n) is 1.96. The zero-order valence-corrected chi connectivity index (χ0v) is 18.4. The van der Waals surface area contributed by atoms with Crippen LogP contribution in [0.15, 0.2) is 46.0 Å². The SMILES string of the molecule is CCNC(=NCc1coc(-c2ccccc2)n1)NCC(C)(C)SC.I. The summed E-state index contributed by atoms with van der Waals surface area (Å²) in [6.07, 6.45) is 3.79. The molecule has 2 aromatic rings. The van der Waals surface area contributed by atoms with E-state index in [9.17, 15) is 0 Å². The van der Waals surface area contributed by atoms with E-state index < -0.39 is 0 Å². The van der Waals surface area contributed by atoms with Gasteiger partial charge in [0.25, 0.3) is 0 Å². The minimum atomic E-state index is 0. The highest BCUT2D eigenvalue weighted by atomic mass is 127. The topological polar surface area (TPSA) is 62.5 Å². The van der Waals surface area contributed by atoms with E-state index in [-0.39, 0.29) is 28.7 Å². The van der Waals surface area contributed by atoms with Crippen LogP contribution in [0.4, 0.5) is 0 Å². The molecule has 5 nitrogen and oxygen atoms in total. The molecular formula is C18H27IN4OS. The number of guanidine groups is 1. The smallest absolute Gasteiger partial charge is 0.226 e. The molecule has 0 spiro atoms. The molecular weight excluding hydrogens is 447 g/mol. The molecule has 138 valence electrons. The predicted molar refractivity (Wildman–Crippen MR) is 118 cm³/mol. The van der Waals surface area contributed by atoms with Crippen LogP contribution >= 0.6 is 35.7 Å². The summed E-state index contributed by atoms with van der Waals surface area (Å²) < 4.78 is 5.71. The van der Waals surface area contributed by atoms with E-state index in [1.165, 1.54) is 0 Å². The minimum Gasteiger partial charge on any atom is -0.444 e. The number of halogens is 1. The summed E-state index contributed by atoms with van der Waals surface area (Å²) in [5, 5.41) is 6.64. The van der Waals surface area contributed by atoms with Gasteiger partial charge in [0.2, 0.25) is 5.89 Å². The van der Waals surface area contributed by atoms with E-state index in [0.29, 0.717) is 12.4 Å². The van der Waals surface area contributed by atoms with Gasteiger partial charge in [0.05, 0.1) is 6.54 Å². The van der Waals surface area contributed by atoms with E-state index in [1.54, 1.807) is 6.26 Å². The van der Waals surface area contributed by atoms with E-state index >= 15 is 0 Å². The Hall–Kier alpha value is -1.22. The second-order valence-corrected chi connectivity index (χ2v) is 7.54. The average molecular weight is 474 g/mol. The van der Waals surface area contributed by atoms with Crippen molar-refractivity contribution in [1.29, 1.82) is 0 Å². The van der Waals surface area contributed by atoms with Crippen LogP contribution in [-0.2, 0) is 6.54 Å². The largest absolute Gasteiger partial charge is 0.444 e. The molecule has 0 amide bonds. The van der Waals surface area contributed by atoms with Crippen molar-refractivity contribution in [2.45, 2.75) is 32.1 Å². The van der Waals surface area contributed by atoms with Gasteiger partial charge < -0.3 is 15.1 Å². The molecule has 0 bridgehead atoms. The van der Waals surface area contributed by atoms with Crippen molar-refractivity contribution in [3.63, 3.8) is 0 Å². The number of rotatable bonds is 7. The van der Waals surface area contributed by atoms with Crippen LogP contribution in [0.25, 0.3) is 11.5 Å². The average Bonchev–Trinajstić information content (AvgIpc) is 3.07. The maximum absolute atomic E-state index is 5.55. The summed E-state index contributed by atoms with van der Waals surface area (Å²) in [6.45, 7) is 8.61. The number of aromatic nitrogens is 1. The van der Waals surface area contributed by atoms with Crippen molar-refractivity contribution in [3.05, 3.63) is 42.3 Å². The number of hydrogen-bond acceptors (Lipinski definition) is 4. The molecule has 2 N–H and O–H groups in total. The van der Waals surface area contributed by atoms with Gasteiger partial charge in [-0.2, -0.15) is 11.8 Å². The van der Waals surface area contributed by atoms with Crippen LogP contribution in [0.1, 0.15) is 26.5 Å². The molecule has 2 rings (SSSR count). The van der Waals surface area contributed by atoms with Crippen LogP contribution in [0, 0.1) is 0 Å². The molecule has 0 atom stereocenters. The van der Waals surface area contributed by atoms with E-state index in [0.717, 1.165) is 30.3 Å². The lowest BCUT2D eigenvalue weighted by molar-refractivity contribution is 0.572. The Bertz CT molecular complexity index is 658. The zero-order chi connectivity index (χ0) is 17.4. The third-order valence-electron chi connectivity index (χ3n) is 3.55. The summed E-state index contributed by atoms with van der Waals surface area (Å²) in [5.41, 5.74) is 1.79. The van der Waals surface area contributed by atoms with Gasteiger partial charge in [-0.25, -0.2) is 9.98 Å². The van der Waals surface area contributed by atoms with Crippen LogP contribution in [0.3, 0.4) is 0 Å². The number of thioether (sulfide) groups is 1. The highest BCUT2D eigenvalue weighted by molar-refractivity contribution is 14.0. The van der Waals surface area contributed by atoms with Crippen LogP contribution < -0.4 is 10.6 Å². The lowest BCUT2D eigenvalue weighted by Gasteiger charge is -2.23. The Morgan fingerprint density at radius 3 is 2.60 bits per heavy atom. The predicted octanol–water partition coefficient (Wildman–Crippen LogP) is 4.16. The molecule has 0 fully saturated rings. The van der Waals surface area contributed by atoms with Crippen molar-refractivity contribution in [2.75, 3.05) is 19.3 Å². The van der Waals surface area contributed by atoms with Crippen LogP contribution in [0.2, 0.25) is 0 Å². The summed E-state index contributed by atoms with van der Waals surface area (Å²) in [4.78, 5) is 9.09. The van der Waals surface area contributed by atoms with E-state index in [4.69, 9.17) is 4.42 Å². The maximum atomic E-state index is 5.55. The maximum Gasteiger partial charge on any atom is 0.226 e. The highest BCUT2D eigenvalue weighted by Crippen LogP contribution is 2.20. The molecule has 7 heteroatoms. The van der Waals surface area contributed by atoms with Crippen molar-refractivity contribution in [1.82, 2.24) is 15.6 Å². The minimum absolute atomic E-state index is 0. The molecule has 25 heavy (non-hydrogen) atoms.